The molecule has 0 fully saturated rings. The summed E-state index contributed by atoms with van der Waals surface area (Å²) in [5.74, 6) is -0.643. The van der Waals surface area contributed by atoms with E-state index in [4.69, 9.17) is 27.1 Å². The molecular formula is C11H19NO7S. The summed E-state index contributed by atoms with van der Waals surface area (Å²) >= 11 is 0. The third-order valence-corrected chi connectivity index (χ3v) is 1.78. The van der Waals surface area contributed by atoms with Crippen LogP contribution in [0.3, 0.4) is 0 Å². The molecule has 1 atom stereocenters. The molecule has 6 N–H and O–H groups in total. The Kier molecular flexibility index (Phi) is 3.82. The molecule has 0 radical (unpaired) electrons. The molecule has 0 amide bonds. The Labute approximate surface area is 127 Å². The highest BCUT2D eigenvalue weighted by molar-refractivity contribution is 7.79. The van der Waals surface area contributed by atoms with E-state index >= 15 is 0 Å². The molecule has 0 spiro atoms. The van der Waals surface area contributed by atoms with Gasteiger partial charge in [0.15, 0.2) is 0 Å². The summed E-state index contributed by atoms with van der Waals surface area (Å²) in [6.45, 7) is -6.87. The number of phenolic OH excluding ortho intramolecular Hbond substituents is 2. The molecule has 0 saturated carbocycles. The summed E-state index contributed by atoms with van der Waals surface area (Å²) in [5, 5.41) is 30.6. The van der Waals surface area contributed by atoms with Crippen LogP contribution in [0.1, 0.15) is 35.0 Å². The van der Waals surface area contributed by atoms with Gasteiger partial charge in [-0.25, -0.2) is 0 Å². The fraction of sp³-hybridized carbons (Fsp3) is 0.455. The third kappa shape index (κ3) is 10.5. The number of hydrogen-bond acceptors (Lipinski definition) is 6. The standard InChI is InChI=1S/C11H17NO3.H2O4S/c1-7(2)12-6-11(15)8-3-9(13)5-10(14)4-8;1-5(2,3)4/h3-5,7,11-15H,6H2,1-2H3;(H2,1,2,3,4)/i1D3,2D3,7D;. The van der Waals surface area contributed by atoms with Crippen LogP contribution in [0.4, 0.5) is 0 Å². The molecule has 8 nitrogen and oxygen atoms in total. The van der Waals surface area contributed by atoms with Crippen LogP contribution in [0, 0.1) is 0 Å². The van der Waals surface area contributed by atoms with Crippen molar-refractivity contribution < 1.29 is 42.4 Å². The molecule has 116 valence electrons. The lowest BCUT2D eigenvalue weighted by Crippen LogP contribution is -2.27. The summed E-state index contributed by atoms with van der Waals surface area (Å²) in [5.41, 5.74) is 0.0448. The van der Waals surface area contributed by atoms with Crippen molar-refractivity contribution in [3.8, 4) is 11.5 Å². The van der Waals surface area contributed by atoms with Crippen molar-refractivity contribution in [2.75, 3.05) is 6.54 Å². The number of aliphatic hydroxyl groups excluding tert-OH is 1. The number of hydrogen-bond donors (Lipinski definition) is 6. The topological polar surface area (TPSA) is 147 Å². The third-order valence-electron chi connectivity index (χ3n) is 1.78. The first-order chi connectivity index (χ1) is 11.8. The number of rotatable bonds is 4. The van der Waals surface area contributed by atoms with Crippen LogP contribution >= 0.6 is 0 Å². The zero-order valence-corrected chi connectivity index (χ0v) is 10.8. The zero-order valence-electron chi connectivity index (χ0n) is 17.0. The van der Waals surface area contributed by atoms with Crippen LogP contribution in [0.15, 0.2) is 18.2 Å². The van der Waals surface area contributed by atoms with Gasteiger partial charge in [0, 0.05) is 28.2 Å². The summed E-state index contributed by atoms with van der Waals surface area (Å²) in [7, 11) is -4.67. The van der Waals surface area contributed by atoms with Gasteiger partial charge in [0.1, 0.15) is 11.5 Å². The Morgan fingerprint density at radius 1 is 1.25 bits per heavy atom. The molecule has 1 aromatic carbocycles. The van der Waals surface area contributed by atoms with Crippen molar-refractivity contribution in [1.29, 1.82) is 0 Å². The van der Waals surface area contributed by atoms with E-state index in [2.05, 4.69) is 0 Å². The lowest BCUT2D eigenvalue weighted by atomic mass is 10.1. The van der Waals surface area contributed by atoms with Crippen molar-refractivity contribution in [2.45, 2.75) is 25.8 Å². The first-order valence-electron chi connectivity index (χ1n) is 8.44. The molecule has 1 rings (SSSR count). The number of aromatic hydroxyl groups is 2. The molecule has 0 aromatic heterocycles. The largest absolute Gasteiger partial charge is 0.508 e. The van der Waals surface area contributed by atoms with Gasteiger partial charge >= 0.3 is 10.4 Å². The Hall–Kier alpha value is -1.39. The van der Waals surface area contributed by atoms with E-state index < -0.39 is 42.8 Å². The first-order valence-corrected chi connectivity index (χ1v) is 6.33. The SMILES string of the molecule is O=S(=O)(O)O.[2H]C([2H])([2H])C([2H])(NCC(O)c1cc(O)cc(O)c1)C([2H])([2H])[2H]. The maximum Gasteiger partial charge on any atom is 0.394 e. The minimum atomic E-state index is -4.67. The van der Waals surface area contributed by atoms with E-state index in [1.807, 2.05) is 5.32 Å². The number of aliphatic hydroxyl groups is 1. The lowest BCUT2D eigenvalue weighted by Gasteiger charge is -2.14. The monoisotopic (exact) mass is 316 g/mol. The van der Waals surface area contributed by atoms with E-state index in [-0.39, 0.29) is 17.1 Å². The van der Waals surface area contributed by atoms with Gasteiger partial charge < -0.3 is 20.6 Å². The van der Waals surface area contributed by atoms with Crippen molar-refractivity contribution in [2.24, 2.45) is 0 Å². The van der Waals surface area contributed by atoms with Crippen LogP contribution in [0.5, 0.6) is 11.5 Å². The average molecular weight is 316 g/mol. The van der Waals surface area contributed by atoms with Gasteiger partial charge in [-0.2, -0.15) is 8.42 Å². The maximum atomic E-state index is 9.93. The summed E-state index contributed by atoms with van der Waals surface area (Å²) in [6.07, 6.45) is -1.42. The van der Waals surface area contributed by atoms with E-state index in [1.165, 1.54) is 0 Å². The Bertz CT molecular complexity index is 693. The van der Waals surface area contributed by atoms with Gasteiger partial charge in [-0.1, -0.05) is 13.7 Å². The number of phenols is 2. The average Bonchev–Trinajstić information content (AvgIpc) is 2.38. The van der Waals surface area contributed by atoms with Gasteiger partial charge in [0.05, 0.1) is 6.10 Å². The van der Waals surface area contributed by atoms with Crippen LogP contribution in [0.25, 0.3) is 0 Å². The van der Waals surface area contributed by atoms with E-state index in [1.54, 1.807) is 0 Å². The minimum Gasteiger partial charge on any atom is -0.508 e. The Morgan fingerprint density at radius 3 is 2.10 bits per heavy atom. The van der Waals surface area contributed by atoms with Gasteiger partial charge in [-0.3, -0.25) is 9.11 Å². The van der Waals surface area contributed by atoms with Crippen LogP contribution in [-0.4, -0.2) is 45.4 Å². The molecule has 20 heavy (non-hydrogen) atoms. The Balaban J connectivity index is 0.00000119. The fourth-order valence-corrected chi connectivity index (χ4v) is 1.13. The van der Waals surface area contributed by atoms with Gasteiger partial charge in [-0.15, -0.1) is 0 Å². The summed E-state index contributed by atoms with van der Waals surface area (Å²) in [6, 6.07) is 0.327. The number of benzene rings is 1. The molecule has 1 aromatic rings. The molecule has 0 aliphatic rings. The predicted molar refractivity (Wildman–Crippen MR) is 72.0 cm³/mol. The lowest BCUT2D eigenvalue weighted by molar-refractivity contribution is 0.171. The van der Waals surface area contributed by atoms with Crippen LogP contribution in [0.2, 0.25) is 0 Å². The molecule has 1 unspecified atom stereocenters. The second-order valence-electron chi connectivity index (χ2n) is 3.50. The van der Waals surface area contributed by atoms with Crippen molar-refractivity contribution >= 4 is 10.4 Å². The Morgan fingerprint density at radius 2 is 1.70 bits per heavy atom. The van der Waals surface area contributed by atoms with E-state index in [0.29, 0.717) is 0 Å². The molecule has 0 bridgehead atoms. The highest BCUT2D eigenvalue weighted by Gasteiger charge is 2.10. The number of nitrogens with one attached hydrogen (secondary N) is 1. The zero-order chi connectivity index (χ0) is 21.8. The van der Waals surface area contributed by atoms with Gasteiger partial charge in [0.2, 0.25) is 0 Å². The van der Waals surface area contributed by atoms with Crippen molar-refractivity contribution in [1.82, 2.24) is 5.32 Å². The van der Waals surface area contributed by atoms with Gasteiger partial charge in [-0.05, 0) is 17.7 Å². The highest BCUT2D eigenvalue weighted by Crippen LogP contribution is 2.24. The van der Waals surface area contributed by atoms with Gasteiger partial charge in [0.25, 0.3) is 0 Å². The summed E-state index contributed by atoms with van der Waals surface area (Å²) < 4.78 is 82.6. The van der Waals surface area contributed by atoms with Crippen LogP contribution < -0.4 is 5.32 Å². The fourth-order valence-electron chi connectivity index (χ4n) is 1.13. The quantitative estimate of drug-likeness (QED) is 0.439. The maximum absolute atomic E-state index is 9.93. The van der Waals surface area contributed by atoms with Crippen molar-refractivity contribution in [3.05, 3.63) is 23.8 Å². The second kappa shape index (κ2) is 8.02. The molecule has 9 heteroatoms. The minimum absolute atomic E-state index is 0.0448. The molecule has 0 aliphatic heterocycles. The van der Waals surface area contributed by atoms with Crippen LogP contribution in [-0.2, 0) is 10.4 Å². The van der Waals surface area contributed by atoms with E-state index in [0.717, 1.165) is 18.2 Å². The highest BCUT2D eigenvalue weighted by atomic mass is 32.3. The first kappa shape index (κ1) is 9.53. The van der Waals surface area contributed by atoms with Crippen molar-refractivity contribution in [3.63, 3.8) is 0 Å². The smallest absolute Gasteiger partial charge is 0.394 e. The van der Waals surface area contributed by atoms with E-state index in [9.17, 15) is 15.3 Å². The second-order valence-corrected chi connectivity index (χ2v) is 4.40. The summed E-state index contributed by atoms with van der Waals surface area (Å²) in [4.78, 5) is 0. The molecule has 0 aliphatic carbocycles. The predicted octanol–water partition coefficient (Wildman–Crippen LogP) is 0.476. The molecular weight excluding hydrogens is 290 g/mol. The molecule has 0 heterocycles. The molecule has 0 saturated heterocycles. The normalized spacial score (nSPS) is 19.6.